The van der Waals surface area contributed by atoms with Gasteiger partial charge >= 0.3 is 0 Å². The number of ether oxygens (including phenoxy) is 1. The van der Waals surface area contributed by atoms with E-state index in [4.69, 9.17) is 1.43 Å². The summed E-state index contributed by atoms with van der Waals surface area (Å²) in [6.45, 7) is 4.79. The lowest BCUT2D eigenvalue weighted by atomic mass is 10.5. The van der Waals surface area contributed by atoms with E-state index in [2.05, 4.69) is 9.53 Å². The molecule has 0 fully saturated rings. The highest BCUT2D eigenvalue weighted by atomic mass is 28.4. The Morgan fingerprint density at radius 1 is 1.80 bits per heavy atom. The molecule has 0 aliphatic heterocycles. The van der Waals surface area contributed by atoms with Crippen molar-refractivity contribution < 1.29 is 14.3 Å². The Balaban J connectivity index is 3.29. The summed E-state index contributed by atoms with van der Waals surface area (Å²) in [5.41, 5.74) is 0. The molecule has 0 aliphatic carbocycles. The van der Waals surface area contributed by atoms with Crippen LogP contribution in [0.2, 0.25) is 19.1 Å². The summed E-state index contributed by atoms with van der Waals surface area (Å²) in [4.78, 5) is 14.3. The van der Waals surface area contributed by atoms with Gasteiger partial charge in [0, 0.05) is 0 Å². The average Bonchev–Trinajstić information content (AvgIpc) is 1.99. The van der Waals surface area contributed by atoms with Crippen LogP contribution in [0, 0.1) is 0 Å². The van der Waals surface area contributed by atoms with Crippen LogP contribution in [0.5, 0.6) is 0 Å². The molecule has 0 aliphatic rings. The monoisotopic (exact) mass is 164 g/mol. The van der Waals surface area contributed by atoms with Gasteiger partial charge in [0.05, 0.1) is 6.61 Å². The van der Waals surface area contributed by atoms with Gasteiger partial charge in [-0.15, -0.1) is 0 Å². The fraction of sp³-hybridized carbons (Fsp3) is 0.833. The third kappa shape index (κ3) is 7.65. The van der Waals surface area contributed by atoms with Gasteiger partial charge in [-0.1, -0.05) is 0 Å². The van der Waals surface area contributed by atoms with Crippen LogP contribution in [0.1, 0.15) is 6.42 Å². The molecule has 0 aromatic heterocycles. The largest absolute Gasteiger partial charge is 0.468 e. The summed E-state index contributed by atoms with van der Waals surface area (Å²) < 4.78 is 11.2. The van der Waals surface area contributed by atoms with Crippen molar-refractivity contribution in [3.63, 3.8) is 0 Å². The minimum absolute atomic E-state index is 0.434. The molecule has 0 heterocycles. The van der Waals surface area contributed by atoms with Crippen LogP contribution in [-0.4, -0.2) is 27.6 Å². The molecule has 0 aromatic carbocycles. The third-order valence-electron chi connectivity index (χ3n) is 1.11. The quantitative estimate of drug-likeness (QED) is 0.358. The fourth-order valence-corrected chi connectivity index (χ4v) is 1.63. The van der Waals surface area contributed by atoms with Crippen LogP contribution in [0.25, 0.3) is 0 Å². The first-order valence-corrected chi connectivity index (χ1v) is 6.43. The minimum Gasteiger partial charge on any atom is -0.468 e. The van der Waals surface area contributed by atoms with E-state index < -0.39 is 8.32 Å². The predicted octanol–water partition coefficient (Wildman–Crippen LogP) is 0.747. The van der Waals surface area contributed by atoms with Crippen LogP contribution in [0.3, 0.4) is 0 Å². The van der Waals surface area contributed by atoms with E-state index in [-0.39, 0.29) is 0 Å². The lowest BCUT2D eigenvalue weighted by molar-refractivity contribution is -0.128. The van der Waals surface area contributed by atoms with Crippen LogP contribution in [-0.2, 0) is 9.53 Å². The first-order chi connectivity index (χ1) is 5.12. The van der Waals surface area contributed by atoms with E-state index in [1.165, 1.54) is 0 Å². The normalized spacial score (nSPS) is 12.4. The molecule has 60 valence electrons. The van der Waals surface area contributed by atoms with Crippen LogP contribution < -0.4 is 0 Å². The number of hydrogen-bond acceptors (Lipinski definition) is 3. The molecule has 0 atom stereocenters. The van der Waals surface area contributed by atoms with E-state index in [1.54, 1.807) is 0 Å². The van der Waals surface area contributed by atoms with Crippen LogP contribution in [0.4, 0.5) is 0 Å². The molecule has 0 radical (unpaired) electrons. The second kappa shape index (κ2) is 4.46. The van der Waals surface area contributed by atoms with Crippen molar-refractivity contribution in [1.29, 1.82) is 1.43 Å². The average molecular weight is 164 g/mol. The molecule has 0 saturated carbocycles. The second-order valence-corrected chi connectivity index (χ2v) is 6.85. The number of rotatable bonds is 6. The van der Waals surface area contributed by atoms with Gasteiger partial charge in [0.2, 0.25) is 0 Å². The topological polar surface area (TPSA) is 46.5 Å². The van der Waals surface area contributed by atoms with Gasteiger partial charge < -0.3 is 9.53 Å². The summed E-state index contributed by atoms with van der Waals surface area (Å²) in [5, 5.41) is 0. The van der Waals surface area contributed by atoms with Gasteiger partial charge in [-0.25, -0.2) is 0 Å². The maximum Gasteiger partial charge on any atom is 0.293 e. The maximum absolute atomic E-state index is 9.72. The summed E-state index contributed by atoms with van der Waals surface area (Å²) in [6.07, 6.45) is 0.789. The first-order valence-electron chi connectivity index (χ1n) is 3.73. The van der Waals surface area contributed by atoms with E-state index >= 15 is 0 Å². The van der Waals surface area contributed by atoms with Gasteiger partial charge in [0.1, 0.15) is 0 Å². The molecule has 1 N–H and O–H groups in total. The molecule has 0 spiro atoms. The highest BCUT2D eigenvalue weighted by Gasteiger charge is 2.15. The highest BCUT2D eigenvalue weighted by molar-refractivity contribution is 6.69. The molecule has 4 heteroatoms. The van der Waals surface area contributed by atoms with Crippen molar-refractivity contribution in [1.82, 2.24) is 0 Å². The maximum atomic E-state index is 9.72. The highest BCUT2D eigenvalue weighted by Crippen LogP contribution is 2.06. The molecular weight excluding hydrogens is 148 g/mol. The van der Waals surface area contributed by atoms with Gasteiger partial charge in [-0.3, -0.25) is 4.79 Å². The Labute approximate surface area is 63.6 Å². The lowest BCUT2D eigenvalue weighted by Gasteiger charge is -2.12. The molecule has 0 aromatic rings. The van der Waals surface area contributed by atoms with Crippen molar-refractivity contribution in [3.8, 4) is 0 Å². The van der Waals surface area contributed by atoms with Gasteiger partial charge in [0.25, 0.3) is 6.47 Å². The summed E-state index contributed by atoms with van der Waals surface area (Å²) in [6, 6.07) is 0.852. The zero-order chi connectivity index (χ0) is 8.74. The summed E-state index contributed by atoms with van der Waals surface area (Å²) in [7, 11) is -1.76. The first kappa shape index (κ1) is 7.75. The molecule has 0 unspecified atom stereocenters. The standard InChI is InChI=1S/C6H14O3Si/c1-10(2,8)5-3-4-9-6-7/h6,8H,3-5H2,1-2H3/i8T. The second-order valence-electron chi connectivity index (χ2n) is 2.83. The third-order valence-corrected chi connectivity index (χ3v) is 2.67. The van der Waals surface area contributed by atoms with Gasteiger partial charge in [-0.2, -0.15) is 0 Å². The molecule has 3 nitrogen and oxygen atoms in total. The molecular formula is C6H14O3Si. The Morgan fingerprint density at radius 2 is 2.50 bits per heavy atom. The van der Waals surface area contributed by atoms with Gasteiger partial charge in [-0.05, 0) is 25.6 Å². The van der Waals surface area contributed by atoms with Crippen molar-refractivity contribution in [3.05, 3.63) is 0 Å². The van der Waals surface area contributed by atoms with Gasteiger partial charge in [0.15, 0.2) is 9.75 Å². The smallest absolute Gasteiger partial charge is 0.293 e. The Hall–Kier alpha value is -0.353. The predicted molar refractivity (Wildman–Crippen MR) is 41.1 cm³/mol. The van der Waals surface area contributed by atoms with E-state index in [9.17, 15) is 4.79 Å². The van der Waals surface area contributed by atoms with Crippen molar-refractivity contribution in [2.75, 3.05) is 6.61 Å². The lowest BCUT2D eigenvalue weighted by Crippen LogP contribution is -2.24. The SMILES string of the molecule is [3H]O[Si](C)(C)CCCOC=O. The number of hydrogen-bond donors (Lipinski definition) is 1. The van der Waals surface area contributed by atoms with E-state index in [0.717, 1.165) is 12.5 Å². The van der Waals surface area contributed by atoms with Crippen LogP contribution >= 0.6 is 0 Å². The Kier molecular flexibility index (Phi) is 3.46. The molecule has 0 amide bonds. The molecule has 0 rings (SSSR count). The van der Waals surface area contributed by atoms with E-state index in [1.807, 2.05) is 13.1 Å². The fourth-order valence-electron chi connectivity index (χ4n) is 0.629. The van der Waals surface area contributed by atoms with Crippen molar-refractivity contribution in [2.45, 2.75) is 25.6 Å². The zero-order valence-corrected chi connectivity index (χ0v) is 7.42. The minimum atomic E-state index is -1.76. The van der Waals surface area contributed by atoms with E-state index in [0.29, 0.717) is 13.1 Å². The Morgan fingerprint density at radius 3 is 3.00 bits per heavy atom. The summed E-state index contributed by atoms with van der Waals surface area (Å²) in [5.74, 6) is 0. The number of carbonyl (C=O) groups is 1. The van der Waals surface area contributed by atoms with Crippen molar-refractivity contribution >= 4 is 14.8 Å². The van der Waals surface area contributed by atoms with Crippen LogP contribution in [0.15, 0.2) is 0 Å². The molecule has 0 saturated heterocycles. The number of carbonyl (C=O) groups excluding carboxylic acids is 1. The van der Waals surface area contributed by atoms with Crippen molar-refractivity contribution in [2.24, 2.45) is 0 Å². The zero-order valence-electron chi connectivity index (χ0n) is 7.42. The summed E-state index contributed by atoms with van der Waals surface area (Å²) >= 11 is 0. The molecule has 0 bridgehead atoms. The Bertz CT molecular complexity index is 118. The molecule has 10 heavy (non-hydrogen) atoms.